The van der Waals surface area contributed by atoms with E-state index in [0.29, 0.717) is 24.9 Å². The highest BCUT2D eigenvalue weighted by Crippen LogP contribution is 2.18. The van der Waals surface area contributed by atoms with Crippen LogP contribution in [0.1, 0.15) is 26.3 Å². The van der Waals surface area contributed by atoms with E-state index < -0.39 is 0 Å². The van der Waals surface area contributed by atoms with Gasteiger partial charge in [0.05, 0.1) is 6.61 Å². The molecular weight excluding hydrogens is 233 g/mol. The molecule has 0 aliphatic carbocycles. The van der Waals surface area contributed by atoms with Crippen LogP contribution >= 0.6 is 0 Å². The molecule has 0 saturated carbocycles. The highest BCUT2D eigenvalue weighted by atomic mass is 19.1. The number of halogens is 1. The molecule has 1 unspecified atom stereocenters. The normalized spacial score (nSPS) is 12.8. The first-order valence-corrected chi connectivity index (χ1v) is 6.19. The summed E-state index contributed by atoms with van der Waals surface area (Å²) in [5.41, 5.74) is 0.878. The van der Waals surface area contributed by atoms with E-state index in [1.807, 2.05) is 13.0 Å². The van der Waals surface area contributed by atoms with Gasteiger partial charge < -0.3 is 14.8 Å². The molecule has 0 amide bonds. The Labute approximate surface area is 108 Å². The van der Waals surface area contributed by atoms with E-state index >= 15 is 0 Å². The summed E-state index contributed by atoms with van der Waals surface area (Å²) < 4.78 is 24.0. The summed E-state index contributed by atoms with van der Waals surface area (Å²) in [4.78, 5) is 0. The molecule has 1 N–H and O–H groups in total. The van der Waals surface area contributed by atoms with Crippen molar-refractivity contribution in [3.63, 3.8) is 0 Å². The topological polar surface area (TPSA) is 30.5 Å². The van der Waals surface area contributed by atoms with Gasteiger partial charge >= 0.3 is 0 Å². The van der Waals surface area contributed by atoms with E-state index in [-0.39, 0.29) is 11.9 Å². The molecule has 18 heavy (non-hydrogen) atoms. The van der Waals surface area contributed by atoms with Crippen molar-refractivity contribution in [3.05, 3.63) is 29.6 Å². The molecule has 0 spiro atoms. The molecule has 1 aromatic rings. The standard InChI is InChI=1S/C14H22FNO2/c1-10(2)16-8-12-5-13(15)7-14(6-12)18-11(3)9-17-4/h5-7,10-11,16H,8-9H2,1-4H3. The molecule has 0 heterocycles. The summed E-state index contributed by atoms with van der Waals surface area (Å²) in [6, 6.07) is 5.13. The average Bonchev–Trinajstić information content (AvgIpc) is 2.25. The van der Waals surface area contributed by atoms with Crippen molar-refractivity contribution in [2.24, 2.45) is 0 Å². The zero-order valence-corrected chi connectivity index (χ0v) is 11.5. The van der Waals surface area contributed by atoms with E-state index in [9.17, 15) is 4.39 Å². The molecule has 3 nitrogen and oxygen atoms in total. The van der Waals surface area contributed by atoms with Crippen molar-refractivity contribution in [1.29, 1.82) is 0 Å². The van der Waals surface area contributed by atoms with E-state index in [1.54, 1.807) is 7.11 Å². The number of hydrogen-bond donors (Lipinski definition) is 1. The lowest BCUT2D eigenvalue weighted by Crippen LogP contribution is -2.22. The molecule has 0 saturated heterocycles. The maximum absolute atomic E-state index is 13.4. The summed E-state index contributed by atoms with van der Waals surface area (Å²) >= 11 is 0. The third kappa shape index (κ3) is 5.47. The van der Waals surface area contributed by atoms with Crippen LogP contribution in [0.3, 0.4) is 0 Å². The number of benzene rings is 1. The van der Waals surface area contributed by atoms with Gasteiger partial charge in [-0.2, -0.15) is 0 Å². The van der Waals surface area contributed by atoms with Crippen LogP contribution in [0.2, 0.25) is 0 Å². The first-order valence-electron chi connectivity index (χ1n) is 6.19. The minimum Gasteiger partial charge on any atom is -0.488 e. The first kappa shape index (κ1) is 14.9. The van der Waals surface area contributed by atoms with Crippen molar-refractivity contribution in [3.8, 4) is 5.75 Å². The van der Waals surface area contributed by atoms with Gasteiger partial charge in [-0.05, 0) is 24.6 Å². The molecule has 0 aliphatic rings. The Morgan fingerprint density at radius 2 is 1.94 bits per heavy atom. The van der Waals surface area contributed by atoms with E-state index in [1.165, 1.54) is 12.1 Å². The fourth-order valence-electron chi connectivity index (χ4n) is 1.61. The van der Waals surface area contributed by atoms with Crippen LogP contribution in [-0.4, -0.2) is 25.9 Å². The third-order valence-corrected chi connectivity index (χ3v) is 2.38. The smallest absolute Gasteiger partial charge is 0.127 e. The summed E-state index contributed by atoms with van der Waals surface area (Å²) in [7, 11) is 1.61. The molecule has 1 rings (SSSR count). The Bertz CT molecular complexity index is 369. The van der Waals surface area contributed by atoms with Crippen LogP contribution < -0.4 is 10.1 Å². The van der Waals surface area contributed by atoms with Gasteiger partial charge in [-0.15, -0.1) is 0 Å². The lowest BCUT2D eigenvalue weighted by atomic mass is 10.2. The fourth-order valence-corrected chi connectivity index (χ4v) is 1.61. The van der Waals surface area contributed by atoms with E-state index in [4.69, 9.17) is 9.47 Å². The quantitative estimate of drug-likeness (QED) is 0.812. The van der Waals surface area contributed by atoms with Crippen molar-refractivity contribution >= 4 is 0 Å². The van der Waals surface area contributed by atoms with Crippen LogP contribution in [0.15, 0.2) is 18.2 Å². The van der Waals surface area contributed by atoms with Gasteiger partial charge in [0.2, 0.25) is 0 Å². The van der Waals surface area contributed by atoms with Crippen molar-refractivity contribution in [2.45, 2.75) is 39.5 Å². The number of hydrogen-bond acceptors (Lipinski definition) is 3. The van der Waals surface area contributed by atoms with E-state index in [0.717, 1.165) is 5.56 Å². The molecule has 4 heteroatoms. The van der Waals surface area contributed by atoms with Crippen LogP contribution in [-0.2, 0) is 11.3 Å². The molecule has 0 radical (unpaired) electrons. The Morgan fingerprint density at radius 3 is 2.56 bits per heavy atom. The largest absolute Gasteiger partial charge is 0.488 e. The molecule has 102 valence electrons. The predicted octanol–water partition coefficient (Wildman–Crippen LogP) is 2.74. The molecule has 0 aromatic heterocycles. The molecule has 0 bridgehead atoms. The minimum absolute atomic E-state index is 0.0947. The van der Waals surface area contributed by atoms with Gasteiger partial charge in [-0.1, -0.05) is 13.8 Å². The Morgan fingerprint density at radius 1 is 1.22 bits per heavy atom. The highest BCUT2D eigenvalue weighted by molar-refractivity contribution is 5.29. The van der Waals surface area contributed by atoms with Crippen LogP contribution in [0.5, 0.6) is 5.75 Å². The maximum atomic E-state index is 13.4. The first-order chi connectivity index (χ1) is 8.51. The molecule has 0 aliphatic heterocycles. The SMILES string of the molecule is COCC(C)Oc1cc(F)cc(CNC(C)C)c1. The molecule has 1 aromatic carbocycles. The summed E-state index contributed by atoms with van der Waals surface area (Å²) in [5, 5.41) is 3.25. The second-order valence-electron chi connectivity index (χ2n) is 4.71. The molecular formula is C14H22FNO2. The number of methoxy groups -OCH3 is 1. The lowest BCUT2D eigenvalue weighted by molar-refractivity contribution is 0.0918. The monoisotopic (exact) mass is 255 g/mol. The second kappa shape index (κ2) is 7.34. The average molecular weight is 255 g/mol. The summed E-state index contributed by atoms with van der Waals surface area (Å²) in [6.45, 7) is 7.11. The minimum atomic E-state index is -0.280. The van der Waals surface area contributed by atoms with Gasteiger partial charge in [0.25, 0.3) is 0 Å². The second-order valence-corrected chi connectivity index (χ2v) is 4.71. The van der Waals surface area contributed by atoms with Crippen LogP contribution in [0.4, 0.5) is 4.39 Å². The number of nitrogens with one attached hydrogen (secondary N) is 1. The zero-order valence-electron chi connectivity index (χ0n) is 11.5. The van der Waals surface area contributed by atoms with Crippen LogP contribution in [0, 0.1) is 5.82 Å². The van der Waals surface area contributed by atoms with E-state index in [2.05, 4.69) is 19.2 Å². The van der Waals surface area contributed by atoms with Crippen molar-refractivity contribution < 1.29 is 13.9 Å². The predicted molar refractivity (Wildman–Crippen MR) is 70.3 cm³/mol. The van der Waals surface area contributed by atoms with Crippen molar-refractivity contribution in [1.82, 2.24) is 5.32 Å². The fraction of sp³-hybridized carbons (Fsp3) is 0.571. The molecule has 1 atom stereocenters. The zero-order chi connectivity index (χ0) is 13.5. The highest BCUT2D eigenvalue weighted by Gasteiger charge is 2.07. The Kier molecular flexibility index (Phi) is 6.09. The lowest BCUT2D eigenvalue weighted by Gasteiger charge is -2.15. The van der Waals surface area contributed by atoms with Gasteiger partial charge in [-0.25, -0.2) is 4.39 Å². The third-order valence-electron chi connectivity index (χ3n) is 2.38. The summed E-state index contributed by atoms with van der Waals surface area (Å²) in [5.74, 6) is 0.262. The van der Waals surface area contributed by atoms with Crippen LogP contribution in [0.25, 0.3) is 0 Å². The van der Waals surface area contributed by atoms with Gasteiger partial charge in [0, 0.05) is 25.8 Å². The van der Waals surface area contributed by atoms with Crippen molar-refractivity contribution in [2.75, 3.05) is 13.7 Å². The summed E-state index contributed by atoms with van der Waals surface area (Å²) in [6.07, 6.45) is -0.0947. The number of rotatable bonds is 7. The van der Waals surface area contributed by atoms with Gasteiger partial charge in [0.15, 0.2) is 0 Å². The number of ether oxygens (including phenoxy) is 2. The maximum Gasteiger partial charge on any atom is 0.127 e. The van der Waals surface area contributed by atoms with Gasteiger partial charge in [0.1, 0.15) is 17.7 Å². The van der Waals surface area contributed by atoms with Gasteiger partial charge in [-0.3, -0.25) is 0 Å². The molecule has 0 fully saturated rings. The Balaban J connectivity index is 2.68. The Hall–Kier alpha value is -1.13.